The number of benzene rings is 6. The van der Waals surface area contributed by atoms with Crippen LogP contribution in [0.4, 0.5) is 51.4 Å². The number of aromatic nitrogens is 3. The summed E-state index contributed by atoms with van der Waals surface area (Å²) in [4.78, 5) is 24.2. The lowest BCUT2D eigenvalue weighted by atomic mass is 10.1. The van der Waals surface area contributed by atoms with E-state index in [1.165, 1.54) is 36.4 Å². The van der Waals surface area contributed by atoms with E-state index in [2.05, 4.69) is 61.2 Å². The molecule has 0 bridgehead atoms. The van der Waals surface area contributed by atoms with E-state index >= 15 is 0 Å². The van der Waals surface area contributed by atoms with Crippen LogP contribution in [-0.4, -0.2) is 58.5 Å². The molecule has 0 spiro atoms. The van der Waals surface area contributed by atoms with Crippen molar-refractivity contribution in [1.29, 1.82) is 0 Å². The molecule has 7 rings (SSSR count). The third-order valence-electron chi connectivity index (χ3n) is 9.02. The Morgan fingerprint density at radius 1 is 0.485 bits per heavy atom. The number of hydrogen-bond acceptors (Lipinski definition) is 17. The Balaban J connectivity index is 0.990. The second-order valence-corrected chi connectivity index (χ2v) is 16.8. The number of hydrogen-bond donors (Lipinski definition) is 4. The summed E-state index contributed by atoms with van der Waals surface area (Å²) in [6, 6.07) is 39.2. The Morgan fingerprint density at radius 3 is 1.35 bits per heavy atom. The molecule has 1 heterocycles. The van der Waals surface area contributed by atoms with E-state index in [1.54, 1.807) is 84.9 Å². The van der Waals surface area contributed by atoms with E-state index in [1.807, 2.05) is 18.2 Å². The molecule has 22 heteroatoms. The van der Waals surface area contributed by atoms with Gasteiger partial charge in [-0.05, 0) is 114 Å². The summed E-state index contributed by atoms with van der Waals surface area (Å²) < 4.78 is 65.9. The molecule has 0 saturated heterocycles. The maximum atomic E-state index is 12.2. The third-order valence-corrected chi connectivity index (χ3v) is 10.8. The molecule has 332 valence electrons. The number of azo groups is 4. The second kappa shape index (κ2) is 21.0. The first kappa shape index (κ1) is 45.8. The molecule has 7 aromatic rings. The van der Waals surface area contributed by atoms with Crippen LogP contribution in [-0.2, 0) is 37.9 Å². The van der Waals surface area contributed by atoms with Gasteiger partial charge in [-0.1, -0.05) is 42.5 Å². The molecule has 0 fully saturated rings. The first-order valence-electron chi connectivity index (χ1n) is 19.6. The fraction of sp³-hybridized carbons (Fsp3) is 0.0909. The van der Waals surface area contributed by atoms with E-state index in [-0.39, 0.29) is 41.6 Å². The van der Waals surface area contributed by atoms with Crippen molar-refractivity contribution in [2.75, 3.05) is 11.9 Å². The van der Waals surface area contributed by atoms with Crippen molar-refractivity contribution in [2.24, 2.45) is 40.9 Å². The van der Waals surface area contributed by atoms with Crippen molar-refractivity contribution in [2.45, 2.75) is 29.1 Å². The average molecular weight is 925 g/mol. The van der Waals surface area contributed by atoms with Crippen LogP contribution in [0.5, 0.6) is 0 Å². The summed E-state index contributed by atoms with van der Waals surface area (Å²) in [5.41, 5.74) is 4.79. The molecule has 6 aromatic carbocycles. The molecular weight excluding hydrogens is 889 g/mol. The summed E-state index contributed by atoms with van der Waals surface area (Å²) in [6.45, 7) is 0.0979. The zero-order valence-corrected chi connectivity index (χ0v) is 35.9. The fourth-order valence-corrected chi connectivity index (χ4v) is 6.91. The Morgan fingerprint density at radius 2 is 0.894 bits per heavy atom. The maximum absolute atomic E-state index is 12.2. The largest absolute Gasteiger partial charge is 0.481 e. The predicted molar refractivity (Wildman–Crippen MR) is 241 cm³/mol. The lowest BCUT2D eigenvalue weighted by molar-refractivity contribution is -0.136. The minimum absolute atomic E-state index is 0.0979. The van der Waals surface area contributed by atoms with Gasteiger partial charge in [0.2, 0.25) is 5.95 Å². The Kier molecular flexibility index (Phi) is 14.6. The van der Waals surface area contributed by atoms with Gasteiger partial charge in [0.05, 0.1) is 51.1 Å². The van der Waals surface area contributed by atoms with E-state index < -0.39 is 31.1 Å². The first-order chi connectivity index (χ1) is 31.7. The number of anilines is 1. The van der Waals surface area contributed by atoms with Crippen LogP contribution in [0.2, 0.25) is 0 Å². The molecule has 0 aliphatic carbocycles. The van der Waals surface area contributed by atoms with Crippen molar-refractivity contribution < 1.29 is 35.8 Å². The smallest absolute Gasteiger partial charge is 0.305 e. The van der Waals surface area contributed by atoms with E-state index in [0.717, 1.165) is 17.2 Å². The van der Waals surface area contributed by atoms with Crippen molar-refractivity contribution in [3.8, 4) is 0 Å². The van der Waals surface area contributed by atoms with Crippen LogP contribution >= 0.6 is 0 Å². The Labute approximate surface area is 377 Å². The van der Waals surface area contributed by atoms with Crippen LogP contribution in [0.3, 0.4) is 0 Å². The average Bonchev–Trinajstić information content (AvgIpc) is 3.30. The molecule has 0 atom stereocenters. The van der Waals surface area contributed by atoms with Gasteiger partial charge >= 0.3 is 5.97 Å². The molecule has 0 aliphatic heterocycles. The molecule has 1 aromatic heterocycles. The number of carbonyl (C=O) groups is 1. The molecule has 0 saturated carbocycles. The Hall–Kier alpha value is -8.18. The van der Waals surface area contributed by atoms with Crippen LogP contribution in [0, 0.1) is 0 Å². The molecule has 66 heavy (non-hydrogen) atoms. The highest BCUT2D eigenvalue weighted by molar-refractivity contribution is 7.86. The highest BCUT2D eigenvalue weighted by Crippen LogP contribution is 2.32. The van der Waals surface area contributed by atoms with Gasteiger partial charge in [-0.2, -0.15) is 62.6 Å². The SMILES string of the molecule is O=C(O)CCNc1nc(Cc2ccc(N=Nc3ccc(N=Nc4ccc(S(=O)(=O)O)cc4)cc3)cc2)nc(Cc2ccc(N=Nc3ccc(N=Nc4ccccc4)cc3S(=O)(=O)O)cc2)n1. The minimum Gasteiger partial charge on any atom is -0.481 e. The van der Waals surface area contributed by atoms with Crippen molar-refractivity contribution in [3.05, 3.63) is 168 Å². The number of aliphatic carboxylic acids is 1. The summed E-state index contributed by atoms with van der Waals surface area (Å²) >= 11 is 0. The van der Waals surface area contributed by atoms with E-state index in [4.69, 9.17) is 9.66 Å². The summed E-state index contributed by atoms with van der Waals surface area (Å²) in [7, 11) is -8.98. The van der Waals surface area contributed by atoms with Gasteiger partial charge in [0, 0.05) is 19.4 Å². The van der Waals surface area contributed by atoms with Gasteiger partial charge in [-0.3, -0.25) is 13.9 Å². The molecule has 4 N–H and O–H groups in total. The monoisotopic (exact) mass is 924 g/mol. The van der Waals surface area contributed by atoms with Crippen LogP contribution in [0.1, 0.15) is 29.2 Å². The second-order valence-electron chi connectivity index (χ2n) is 14.0. The van der Waals surface area contributed by atoms with Gasteiger partial charge in [0.15, 0.2) is 0 Å². The molecule has 0 amide bonds. The van der Waals surface area contributed by atoms with Gasteiger partial charge < -0.3 is 10.4 Å². The minimum atomic E-state index is -4.68. The van der Waals surface area contributed by atoms with Crippen molar-refractivity contribution in [1.82, 2.24) is 15.0 Å². The zero-order chi connectivity index (χ0) is 46.5. The van der Waals surface area contributed by atoms with Crippen molar-refractivity contribution in [3.63, 3.8) is 0 Å². The summed E-state index contributed by atoms with van der Waals surface area (Å²) in [5.74, 6) is 0.0956. The van der Waals surface area contributed by atoms with E-state index in [9.17, 15) is 26.2 Å². The lowest BCUT2D eigenvalue weighted by Gasteiger charge is -2.09. The predicted octanol–water partition coefficient (Wildman–Crippen LogP) is 11.1. The van der Waals surface area contributed by atoms with Gasteiger partial charge in [0.1, 0.15) is 22.2 Å². The maximum Gasteiger partial charge on any atom is 0.305 e. The number of nitrogens with one attached hydrogen (secondary N) is 1. The normalized spacial score (nSPS) is 12.2. The van der Waals surface area contributed by atoms with Gasteiger partial charge in [-0.25, -0.2) is 4.98 Å². The lowest BCUT2D eigenvalue weighted by Crippen LogP contribution is -2.13. The molecule has 0 radical (unpaired) electrons. The number of rotatable bonds is 18. The first-order valence-corrected chi connectivity index (χ1v) is 22.5. The standard InChI is InChI=1S/C44H36N12O8S2/c57-43(58)24-25-45-44-47-41(26-29-6-10-32(11-7-29)50-51-34-14-16-35(17-15-34)52-53-36-18-21-38(22-19-36)65(59,60)61)46-42(48-44)27-30-8-12-33(13-9-30)54-56-39-23-20-37(28-40(39)66(62,63)64)55-49-31-4-2-1-3-5-31/h1-23,28H,24-27H2,(H,57,58)(H,59,60,61)(H,62,63,64)(H,45,46,47,48). The highest BCUT2D eigenvalue weighted by Gasteiger charge is 2.17. The summed E-state index contributed by atoms with van der Waals surface area (Å²) in [5, 5.41) is 45.3. The van der Waals surface area contributed by atoms with E-state index in [0.29, 0.717) is 52.2 Å². The number of carboxylic acid groups (broad SMARTS) is 1. The zero-order valence-electron chi connectivity index (χ0n) is 34.3. The molecule has 0 aliphatic rings. The molecule has 20 nitrogen and oxygen atoms in total. The Bertz CT molecular complexity index is 3170. The van der Waals surface area contributed by atoms with Gasteiger partial charge in [0.25, 0.3) is 20.2 Å². The van der Waals surface area contributed by atoms with Crippen molar-refractivity contribution >= 4 is 77.7 Å². The topological polar surface area (TPSA) is 296 Å². The third kappa shape index (κ3) is 13.7. The highest BCUT2D eigenvalue weighted by atomic mass is 32.2. The van der Waals surface area contributed by atoms with Crippen LogP contribution < -0.4 is 5.32 Å². The molecule has 0 unspecified atom stereocenters. The fourth-order valence-electron chi connectivity index (χ4n) is 5.79. The number of carboxylic acids is 1. The molecular formula is C44H36N12O8S2. The summed E-state index contributed by atoms with van der Waals surface area (Å²) in [6.07, 6.45) is 0.456. The quantitative estimate of drug-likeness (QED) is 0.0461. The van der Waals surface area contributed by atoms with Crippen LogP contribution in [0.25, 0.3) is 0 Å². The van der Waals surface area contributed by atoms with Crippen LogP contribution in [0.15, 0.2) is 196 Å². The van der Waals surface area contributed by atoms with Gasteiger partial charge in [-0.15, -0.1) is 5.11 Å². The number of nitrogens with zero attached hydrogens (tertiary/aromatic N) is 11.